The van der Waals surface area contributed by atoms with Gasteiger partial charge >= 0.3 is 0 Å². The van der Waals surface area contributed by atoms with Gasteiger partial charge in [-0.05, 0) is 72.3 Å². The number of hydrogen-bond donors (Lipinski definition) is 2. The van der Waals surface area contributed by atoms with Gasteiger partial charge in [0.15, 0.2) is 0 Å². The predicted molar refractivity (Wildman–Crippen MR) is 79.9 cm³/mol. The van der Waals surface area contributed by atoms with Crippen LogP contribution in [0.3, 0.4) is 0 Å². The van der Waals surface area contributed by atoms with Crippen LogP contribution in [0.4, 0.5) is 10.1 Å². The normalized spacial score (nSPS) is 30.7. The van der Waals surface area contributed by atoms with Crippen molar-refractivity contribution in [3.63, 3.8) is 0 Å². The van der Waals surface area contributed by atoms with Crippen molar-refractivity contribution in [2.45, 2.75) is 44.2 Å². The number of anilines is 1. The third-order valence-electron chi connectivity index (χ3n) is 4.45. The average Bonchev–Trinajstić information content (AvgIpc) is 3.03. The summed E-state index contributed by atoms with van der Waals surface area (Å²) in [6.45, 7) is 1.15. The van der Waals surface area contributed by atoms with Crippen LogP contribution >= 0.6 is 15.9 Å². The van der Waals surface area contributed by atoms with E-state index in [1.807, 2.05) is 0 Å². The summed E-state index contributed by atoms with van der Waals surface area (Å²) in [4.78, 5) is 0. The third-order valence-corrected chi connectivity index (χ3v) is 5.15. The van der Waals surface area contributed by atoms with E-state index >= 15 is 0 Å². The van der Waals surface area contributed by atoms with Crippen LogP contribution in [0, 0.1) is 11.7 Å². The lowest BCUT2D eigenvalue weighted by Gasteiger charge is -2.27. The Balaban J connectivity index is 1.72. The highest BCUT2D eigenvalue weighted by molar-refractivity contribution is 9.10. The van der Waals surface area contributed by atoms with E-state index in [1.54, 1.807) is 12.1 Å². The summed E-state index contributed by atoms with van der Waals surface area (Å²) < 4.78 is 14.3. The first kappa shape index (κ1) is 13.4. The van der Waals surface area contributed by atoms with Crippen LogP contribution in [0.5, 0.6) is 0 Å². The highest BCUT2D eigenvalue weighted by Crippen LogP contribution is 2.35. The second kappa shape index (κ2) is 5.80. The van der Waals surface area contributed by atoms with Gasteiger partial charge in [0, 0.05) is 16.6 Å². The smallest absolute Gasteiger partial charge is 0.125 e. The summed E-state index contributed by atoms with van der Waals surface area (Å²) >= 11 is 3.50. The fourth-order valence-corrected chi connectivity index (χ4v) is 3.90. The summed E-state index contributed by atoms with van der Waals surface area (Å²) in [5, 5.41) is 7.16. The molecule has 0 radical (unpaired) electrons. The molecule has 0 spiro atoms. The molecule has 3 unspecified atom stereocenters. The van der Waals surface area contributed by atoms with E-state index in [2.05, 4.69) is 26.6 Å². The largest absolute Gasteiger partial charge is 0.381 e. The fraction of sp³-hybridized carbons (Fsp3) is 0.600. The Morgan fingerprint density at radius 2 is 2.11 bits per heavy atom. The van der Waals surface area contributed by atoms with Gasteiger partial charge in [0.2, 0.25) is 0 Å². The van der Waals surface area contributed by atoms with E-state index in [-0.39, 0.29) is 5.82 Å². The lowest BCUT2D eigenvalue weighted by atomic mass is 9.93. The highest BCUT2D eigenvalue weighted by Gasteiger charge is 2.35. The molecule has 0 amide bonds. The van der Waals surface area contributed by atoms with Crippen molar-refractivity contribution in [2.24, 2.45) is 5.92 Å². The van der Waals surface area contributed by atoms with Gasteiger partial charge in [-0.15, -0.1) is 0 Å². The second-order valence-electron chi connectivity index (χ2n) is 5.67. The fourth-order valence-electron chi connectivity index (χ4n) is 3.53. The van der Waals surface area contributed by atoms with Gasteiger partial charge in [-0.2, -0.15) is 0 Å². The molecule has 3 atom stereocenters. The molecule has 2 nitrogen and oxygen atoms in total. The molecule has 2 N–H and O–H groups in total. The predicted octanol–water partition coefficient (Wildman–Crippen LogP) is 3.92. The zero-order chi connectivity index (χ0) is 13.2. The van der Waals surface area contributed by atoms with Gasteiger partial charge in [-0.1, -0.05) is 6.42 Å². The van der Waals surface area contributed by atoms with E-state index in [4.69, 9.17) is 0 Å². The molecule has 1 aliphatic heterocycles. The van der Waals surface area contributed by atoms with Crippen molar-refractivity contribution < 1.29 is 4.39 Å². The summed E-state index contributed by atoms with van der Waals surface area (Å²) in [5.41, 5.74) is 0.884. The first-order valence-electron chi connectivity index (χ1n) is 7.19. The van der Waals surface area contributed by atoms with Gasteiger partial charge in [0.25, 0.3) is 0 Å². The molecule has 104 valence electrons. The first-order chi connectivity index (χ1) is 9.24. The van der Waals surface area contributed by atoms with Crippen LogP contribution < -0.4 is 10.6 Å². The Kier molecular flexibility index (Phi) is 4.08. The summed E-state index contributed by atoms with van der Waals surface area (Å²) in [7, 11) is 0. The van der Waals surface area contributed by atoms with E-state index in [0.717, 1.165) is 16.7 Å². The van der Waals surface area contributed by atoms with Crippen LogP contribution in [0.15, 0.2) is 22.7 Å². The summed E-state index contributed by atoms with van der Waals surface area (Å²) in [6.07, 6.45) is 6.31. The number of hydrogen-bond acceptors (Lipinski definition) is 2. The van der Waals surface area contributed by atoms with Gasteiger partial charge < -0.3 is 10.6 Å². The monoisotopic (exact) mass is 326 g/mol. The molecular formula is C15H20BrFN2. The van der Waals surface area contributed by atoms with E-state index in [1.165, 1.54) is 38.2 Å². The van der Waals surface area contributed by atoms with Crippen molar-refractivity contribution in [1.29, 1.82) is 0 Å². The van der Waals surface area contributed by atoms with Crippen molar-refractivity contribution in [1.82, 2.24) is 5.32 Å². The van der Waals surface area contributed by atoms with Gasteiger partial charge in [0.1, 0.15) is 5.82 Å². The Hall–Kier alpha value is -0.610. The molecule has 0 bridgehead atoms. The maximum atomic E-state index is 13.3. The maximum absolute atomic E-state index is 13.3. The Bertz CT molecular complexity index is 446. The molecule has 1 heterocycles. The summed E-state index contributed by atoms with van der Waals surface area (Å²) in [5.74, 6) is 0.497. The van der Waals surface area contributed by atoms with E-state index in [9.17, 15) is 4.39 Å². The Morgan fingerprint density at radius 3 is 2.89 bits per heavy atom. The van der Waals surface area contributed by atoms with Crippen molar-refractivity contribution in [3.8, 4) is 0 Å². The standard InChI is InChI=1S/C15H20BrFN2/c16-12-7-6-10(17)9-15(12)19-14-4-1-3-11(14)13-5-2-8-18-13/h6-7,9,11,13-14,18-19H,1-5,8H2. The Morgan fingerprint density at radius 1 is 1.21 bits per heavy atom. The van der Waals surface area contributed by atoms with Gasteiger partial charge in [-0.25, -0.2) is 4.39 Å². The molecule has 1 saturated heterocycles. The molecule has 19 heavy (non-hydrogen) atoms. The van der Waals surface area contributed by atoms with Crippen molar-refractivity contribution in [3.05, 3.63) is 28.5 Å². The van der Waals surface area contributed by atoms with E-state index < -0.39 is 0 Å². The van der Waals surface area contributed by atoms with Crippen molar-refractivity contribution in [2.75, 3.05) is 11.9 Å². The molecule has 1 aromatic carbocycles. The molecule has 4 heteroatoms. The second-order valence-corrected chi connectivity index (χ2v) is 6.53. The minimum atomic E-state index is -0.181. The van der Waals surface area contributed by atoms with Crippen LogP contribution in [0.2, 0.25) is 0 Å². The average molecular weight is 327 g/mol. The van der Waals surface area contributed by atoms with Crippen LogP contribution in [0.25, 0.3) is 0 Å². The molecule has 1 aliphatic carbocycles. The number of benzene rings is 1. The molecule has 2 fully saturated rings. The maximum Gasteiger partial charge on any atom is 0.125 e. The SMILES string of the molecule is Fc1ccc(Br)c(NC2CCCC2C2CCCN2)c1. The number of rotatable bonds is 3. The first-order valence-corrected chi connectivity index (χ1v) is 7.98. The molecular weight excluding hydrogens is 307 g/mol. The molecule has 1 saturated carbocycles. The van der Waals surface area contributed by atoms with Crippen LogP contribution in [-0.4, -0.2) is 18.6 Å². The van der Waals surface area contributed by atoms with Crippen LogP contribution in [0.1, 0.15) is 32.1 Å². The lowest BCUT2D eigenvalue weighted by molar-refractivity contribution is 0.376. The van der Waals surface area contributed by atoms with Crippen LogP contribution in [-0.2, 0) is 0 Å². The minimum Gasteiger partial charge on any atom is -0.381 e. The number of halogens is 2. The zero-order valence-electron chi connectivity index (χ0n) is 11.0. The third kappa shape index (κ3) is 2.95. The molecule has 3 rings (SSSR count). The van der Waals surface area contributed by atoms with Gasteiger partial charge in [-0.3, -0.25) is 0 Å². The topological polar surface area (TPSA) is 24.1 Å². The van der Waals surface area contributed by atoms with E-state index in [0.29, 0.717) is 18.0 Å². The summed E-state index contributed by atoms with van der Waals surface area (Å²) in [6, 6.07) is 5.96. The molecule has 1 aromatic rings. The van der Waals surface area contributed by atoms with Crippen molar-refractivity contribution >= 4 is 21.6 Å². The quantitative estimate of drug-likeness (QED) is 0.879. The lowest BCUT2D eigenvalue weighted by Crippen LogP contribution is -2.38. The molecule has 2 aliphatic rings. The van der Waals surface area contributed by atoms with Gasteiger partial charge in [0.05, 0.1) is 5.69 Å². The number of nitrogens with one attached hydrogen (secondary N) is 2. The minimum absolute atomic E-state index is 0.181. The highest BCUT2D eigenvalue weighted by atomic mass is 79.9. The molecule has 0 aromatic heterocycles. The Labute approximate surface area is 122 Å². The zero-order valence-corrected chi connectivity index (χ0v) is 12.5.